The Balaban J connectivity index is 1.54. The van der Waals surface area contributed by atoms with E-state index in [1.165, 1.54) is 37.9 Å². The zero-order valence-electron chi connectivity index (χ0n) is 11.5. The molecule has 3 atom stereocenters. The van der Waals surface area contributed by atoms with Crippen LogP contribution in [0.5, 0.6) is 0 Å². The van der Waals surface area contributed by atoms with Crippen LogP contribution in [-0.4, -0.2) is 43.1 Å². The molecule has 2 rings (SSSR count). The second-order valence-electron chi connectivity index (χ2n) is 5.15. The molecule has 0 bridgehead atoms. The van der Waals surface area contributed by atoms with Crippen molar-refractivity contribution < 1.29 is 9.47 Å². The van der Waals surface area contributed by atoms with Crippen LogP contribution in [0.15, 0.2) is 0 Å². The van der Waals surface area contributed by atoms with Crippen molar-refractivity contribution in [1.82, 2.24) is 5.32 Å². The summed E-state index contributed by atoms with van der Waals surface area (Å²) in [5, 5.41) is 4.47. The van der Waals surface area contributed by atoms with Gasteiger partial charge in [-0.15, -0.1) is 0 Å². The van der Waals surface area contributed by atoms with E-state index in [0.29, 0.717) is 6.04 Å². The molecule has 106 valence electrons. The van der Waals surface area contributed by atoms with Crippen LogP contribution in [0.4, 0.5) is 0 Å². The van der Waals surface area contributed by atoms with Gasteiger partial charge in [-0.05, 0) is 37.9 Å². The van der Waals surface area contributed by atoms with E-state index in [-0.39, 0.29) is 6.29 Å². The quantitative estimate of drug-likeness (QED) is 0.723. The highest BCUT2D eigenvalue weighted by Crippen LogP contribution is 2.29. The average molecular weight is 273 g/mol. The van der Waals surface area contributed by atoms with Crippen LogP contribution in [0.3, 0.4) is 0 Å². The fourth-order valence-corrected chi connectivity index (χ4v) is 4.08. The van der Waals surface area contributed by atoms with Gasteiger partial charge in [-0.3, -0.25) is 0 Å². The van der Waals surface area contributed by atoms with Gasteiger partial charge in [0.25, 0.3) is 0 Å². The lowest BCUT2D eigenvalue weighted by Gasteiger charge is -2.24. The molecule has 0 radical (unpaired) electrons. The summed E-state index contributed by atoms with van der Waals surface area (Å²) >= 11 is 2.11. The molecule has 1 aliphatic heterocycles. The van der Waals surface area contributed by atoms with Gasteiger partial charge in [0.2, 0.25) is 0 Å². The molecular formula is C14H27NO2S. The molecule has 1 saturated heterocycles. The SMILES string of the molecule is CCS[C@@H]1CCC[C@H]1NCCO[C@H]1CCCCO1. The summed E-state index contributed by atoms with van der Waals surface area (Å²) in [6.07, 6.45) is 7.65. The summed E-state index contributed by atoms with van der Waals surface area (Å²) in [5.41, 5.74) is 0. The molecule has 18 heavy (non-hydrogen) atoms. The second kappa shape index (κ2) is 8.41. The maximum absolute atomic E-state index is 5.75. The fraction of sp³-hybridized carbons (Fsp3) is 1.00. The van der Waals surface area contributed by atoms with E-state index in [0.717, 1.165) is 31.4 Å². The average Bonchev–Trinajstić information content (AvgIpc) is 2.84. The lowest BCUT2D eigenvalue weighted by atomic mass is 10.2. The molecule has 1 saturated carbocycles. The van der Waals surface area contributed by atoms with Gasteiger partial charge in [-0.25, -0.2) is 0 Å². The van der Waals surface area contributed by atoms with Crippen LogP contribution >= 0.6 is 11.8 Å². The van der Waals surface area contributed by atoms with Gasteiger partial charge in [0, 0.05) is 24.4 Å². The molecule has 0 unspecified atom stereocenters. The van der Waals surface area contributed by atoms with Crippen LogP contribution < -0.4 is 5.32 Å². The minimum atomic E-state index is 0.0601. The summed E-state index contributed by atoms with van der Waals surface area (Å²) in [5.74, 6) is 1.23. The van der Waals surface area contributed by atoms with Crippen molar-refractivity contribution in [2.24, 2.45) is 0 Å². The van der Waals surface area contributed by atoms with E-state index in [1.807, 2.05) is 0 Å². The predicted molar refractivity (Wildman–Crippen MR) is 77.1 cm³/mol. The number of hydrogen-bond acceptors (Lipinski definition) is 4. The Morgan fingerprint density at radius 1 is 1.22 bits per heavy atom. The number of hydrogen-bond donors (Lipinski definition) is 1. The van der Waals surface area contributed by atoms with Crippen molar-refractivity contribution in [2.45, 2.75) is 63.0 Å². The molecule has 4 heteroatoms. The molecule has 1 N–H and O–H groups in total. The Bertz CT molecular complexity index is 222. The van der Waals surface area contributed by atoms with Crippen molar-refractivity contribution in [3.05, 3.63) is 0 Å². The zero-order valence-corrected chi connectivity index (χ0v) is 12.3. The highest BCUT2D eigenvalue weighted by atomic mass is 32.2. The minimum absolute atomic E-state index is 0.0601. The standard InChI is InChI=1S/C14H27NO2S/c1-2-18-13-7-5-6-12(13)15-9-11-17-14-8-3-4-10-16-14/h12-15H,2-11H2,1H3/t12-,13-,14+/m1/s1. The van der Waals surface area contributed by atoms with Gasteiger partial charge >= 0.3 is 0 Å². The Kier molecular flexibility index (Phi) is 6.84. The van der Waals surface area contributed by atoms with Crippen molar-refractivity contribution in [3.8, 4) is 0 Å². The van der Waals surface area contributed by atoms with Gasteiger partial charge in [0.1, 0.15) is 0 Å². The van der Waals surface area contributed by atoms with E-state index in [1.54, 1.807) is 0 Å². The lowest BCUT2D eigenvalue weighted by molar-refractivity contribution is -0.161. The van der Waals surface area contributed by atoms with Gasteiger partial charge < -0.3 is 14.8 Å². The molecule has 2 fully saturated rings. The van der Waals surface area contributed by atoms with Gasteiger partial charge in [0.05, 0.1) is 6.61 Å². The molecule has 0 aromatic carbocycles. The van der Waals surface area contributed by atoms with Gasteiger partial charge in [0.15, 0.2) is 6.29 Å². The third-order valence-corrected chi connectivity index (χ3v) is 5.11. The van der Waals surface area contributed by atoms with Crippen molar-refractivity contribution in [1.29, 1.82) is 0 Å². The normalized spacial score (nSPS) is 32.8. The molecule has 0 amide bonds. The van der Waals surface area contributed by atoms with E-state index in [2.05, 4.69) is 24.0 Å². The molecule has 1 heterocycles. The first-order valence-electron chi connectivity index (χ1n) is 7.48. The van der Waals surface area contributed by atoms with Crippen LogP contribution in [0.2, 0.25) is 0 Å². The second-order valence-corrected chi connectivity index (χ2v) is 6.67. The summed E-state index contributed by atoms with van der Waals surface area (Å²) in [6, 6.07) is 0.700. The van der Waals surface area contributed by atoms with Gasteiger partial charge in [-0.2, -0.15) is 11.8 Å². The van der Waals surface area contributed by atoms with Crippen LogP contribution in [0.1, 0.15) is 45.4 Å². The smallest absolute Gasteiger partial charge is 0.157 e. The van der Waals surface area contributed by atoms with Crippen molar-refractivity contribution in [3.63, 3.8) is 0 Å². The summed E-state index contributed by atoms with van der Waals surface area (Å²) < 4.78 is 11.3. The van der Waals surface area contributed by atoms with E-state index < -0.39 is 0 Å². The maximum atomic E-state index is 5.75. The molecule has 0 aromatic heterocycles. The first-order valence-corrected chi connectivity index (χ1v) is 8.53. The lowest BCUT2D eigenvalue weighted by Crippen LogP contribution is -2.37. The molecule has 2 aliphatic rings. The van der Waals surface area contributed by atoms with Gasteiger partial charge in [-0.1, -0.05) is 13.3 Å². The fourth-order valence-electron chi connectivity index (χ4n) is 2.85. The summed E-state index contributed by atoms with van der Waals surface area (Å²) in [4.78, 5) is 0. The third-order valence-electron chi connectivity index (χ3n) is 3.78. The van der Waals surface area contributed by atoms with E-state index >= 15 is 0 Å². The molecule has 0 spiro atoms. The largest absolute Gasteiger partial charge is 0.353 e. The first-order chi connectivity index (χ1) is 8.90. The number of ether oxygens (including phenoxy) is 2. The number of rotatable bonds is 7. The van der Waals surface area contributed by atoms with Crippen molar-refractivity contribution >= 4 is 11.8 Å². The Labute approximate surface area is 115 Å². The zero-order chi connectivity index (χ0) is 12.6. The Hall–Kier alpha value is 0.230. The summed E-state index contributed by atoms with van der Waals surface area (Å²) in [6.45, 7) is 4.87. The minimum Gasteiger partial charge on any atom is -0.353 e. The van der Waals surface area contributed by atoms with Crippen molar-refractivity contribution in [2.75, 3.05) is 25.5 Å². The summed E-state index contributed by atoms with van der Waals surface area (Å²) in [7, 11) is 0. The first kappa shape index (κ1) is 14.6. The Morgan fingerprint density at radius 2 is 2.17 bits per heavy atom. The number of thioether (sulfide) groups is 1. The monoisotopic (exact) mass is 273 g/mol. The topological polar surface area (TPSA) is 30.5 Å². The molecular weight excluding hydrogens is 246 g/mol. The molecule has 0 aromatic rings. The molecule has 3 nitrogen and oxygen atoms in total. The highest BCUT2D eigenvalue weighted by molar-refractivity contribution is 7.99. The highest BCUT2D eigenvalue weighted by Gasteiger charge is 2.26. The predicted octanol–water partition coefficient (Wildman–Crippen LogP) is 2.79. The maximum Gasteiger partial charge on any atom is 0.157 e. The van der Waals surface area contributed by atoms with Crippen LogP contribution in [0.25, 0.3) is 0 Å². The Morgan fingerprint density at radius 3 is 2.94 bits per heavy atom. The third kappa shape index (κ3) is 4.72. The van der Waals surface area contributed by atoms with Crippen LogP contribution in [-0.2, 0) is 9.47 Å². The van der Waals surface area contributed by atoms with Crippen LogP contribution in [0, 0.1) is 0 Å². The number of nitrogens with one attached hydrogen (secondary N) is 1. The van der Waals surface area contributed by atoms with E-state index in [4.69, 9.17) is 9.47 Å². The molecule has 1 aliphatic carbocycles. The van der Waals surface area contributed by atoms with E-state index in [9.17, 15) is 0 Å².